The molecule has 196 valence electrons. The van der Waals surface area contributed by atoms with Gasteiger partial charge in [0.05, 0.1) is 29.9 Å². The molecule has 0 bridgehead atoms. The van der Waals surface area contributed by atoms with Crippen LogP contribution in [0.5, 0.6) is 5.75 Å². The number of carbonyl (C=O) groups excluding carboxylic acids is 3. The van der Waals surface area contributed by atoms with Gasteiger partial charge in [0.15, 0.2) is 0 Å². The zero-order chi connectivity index (χ0) is 27.4. The second-order valence-electron chi connectivity index (χ2n) is 9.45. The molecular formula is C28H21ClN4O6. The quantitative estimate of drug-likeness (QED) is 0.287. The lowest BCUT2D eigenvalue weighted by molar-refractivity contribution is -0.384. The summed E-state index contributed by atoms with van der Waals surface area (Å²) in [5.74, 6) is -3.47. The number of hydrogen-bond acceptors (Lipinski definition) is 7. The Bertz CT molecular complexity index is 1570. The van der Waals surface area contributed by atoms with Gasteiger partial charge in [0.2, 0.25) is 17.7 Å². The second-order valence-corrected chi connectivity index (χ2v) is 9.89. The topological polar surface area (TPSA) is 122 Å². The fourth-order valence-electron chi connectivity index (χ4n) is 5.81. The summed E-state index contributed by atoms with van der Waals surface area (Å²) in [6.07, 6.45) is 3.60. The summed E-state index contributed by atoms with van der Waals surface area (Å²) in [4.78, 5) is 55.4. The molecular weight excluding hydrogens is 524 g/mol. The number of benzene rings is 3. The van der Waals surface area contributed by atoms with Crippen LogP contribution in [0.15, 0.2) is 72.9 Å². The number of methoxy groups -OCH3 is 1. The van der Waals surface area contributed by atoms with Crippen LogP contribution in [-0.4, -0.2) is 40.7 Å². The SMILES string of the molecule is COc1ccc([N+](=O)[O-])cc1N1C(=O)C2C(C1=O)C1c3ccccc3C=CN1C2C(=O)Nc1ccc(Cl)cc1. The van der Waals surface area contributed by atoms with Crippen LogP contribution in [0.1, 0.15) is 17.2 Å². The Labute approximate surface area is 227 Å². The molecule has 4 atom stereocenters. The van der Waals surface area contributed by atoms with E-state index in [0.29, 0.717) is 10.7 Å². The van der Waals surface area contributed by atoms with Crippen molar-refractivity contribution in [3.63, 3.8) is 0 Å². The van der Waals surface area contributed by atoms with E-state index in [-0.39, 0.29) is 17.1 Å². The van der Waals surface area contributed by atoms with Gasteiger partial charge >= 0.3 is 0 Å². The number of nitro benzene ring substituents is 1. The number of anilines is 2. The highest BCUT2D eigenvalue weighted by atomic mass is 35.5. The van der Waals surface area contributed by atoms with E-state index in [1.165, 1.54) is 19.2 Å². The maximum Gasteiger partial charge on any atom is 0.271 e. The number of imide groups is 1. The lowest BCUT2D eigenvalue weighted by Crippen LogP contribution is -2.46. The van der Waals surface area contributed by atoms with E-state index in [1.807, 2.05) is 30.3 Å². The Hall–Kier alpha value is -4.70. The number of nitro groups is 1. The molecule has 39 heavy (non-hydrogen) atoms. The Morgan fingerprint density at radius 3 is 2.46 bits per heavy atom. The van der Waals surface area contributed by atoms with Crippen molar-refractivity contribution < 1.29 is 24.0 Å². The third-order valence-electron chi connectivity index (χ3n) is 7.46. The Balaban J connectivity index is 1.46. The predicted octanol–water partition coefficient (Wildman–Crippen LogP) is 4.41. The standard InChI is InChI=1S/C28H21ClN4O6/c1-39-21-11-10-18(33(37)38)14-20(21)32-27(35)22-23(28(32)36)25(26(34)30-17-8-6-16(29)7-9-17)31-13-12-15-4-2-3-5-19(15)24(22)31/h2-14,22-25H,1H3,(H,30,34). The van der Waals surface area contributed by atoms with E-state index in [2.05, 4.69) is 5.32 Å². The molecule has 11 heteroatoms. The highest BCUT2D eigenvalue weighted by Crippen LogP contribution is 2.54. The number of rotatable bonds is 5. The molecule has 10 nitrogen and oxygen atoms in total. The summed E-state index contributed by atoms with van der Waals surface area (Å²) in [7, 11) is 1.35. The van der Waals surface area contributed by atoms with Crippen LogP contribution in [-0.2, 0) is 14.4 Å². The van der Waals surface area contributed by atoms with Crippen LogP contribution in [0, 0.1) is 22.0 Å². The molecule has 4 unspecified atom stereocenters. The number of ether oxygens (including phenoxy) is 1. The molecule has 0 aliphatic carbocycles. The van der Waals surface area contributed by atoms with E-state index in [4.69, 9.17) is 16.3 Å². The monoisotopic (exact) mass is 544 g/mol. The Kier molecular flexibility index (Phi) is 5.84. The molecule has 0 radical (unpaired) electrons. The molecule has 6 rings (SSSR count). The zero-order valence-corrected chi connectivity index (χ0v) is 21.2. The smallest absolute Gasteiger partial charge is 0.271 e. The molecule has 1 N–H and O–H groups in total. The number of nitrogens with zero attached hydrogens (tertiary/aromatic N) is 3. The first-order valence-electron chi connectivity index (χ1n) is 12.1. The maximum absolute atomic E-state index is 14.1. The van der Waals surface area contributed by atoms with Crippen LogP contribution < -0.4 is 15.0 Å². The molecule has 3 heterocycles. The third kappa shape index (κ3) is 3.83. The minimum absolute atomic E-state index is 0.0286. The maximum atomic E-state index is 14.1. The first kappa shape index (κ1) is 24.6. The number of carbonyl (C=O) groups is 3. The van der Waals surface area contributed by atoms with Crippen LogP contribution >= 0.6 is 11.6 Å². The molecule has 0 spiro atoms. The Morgan fingerprint density at radius 1 is 1.03 bits per heavy atom. The Morgan fingerprint density at radius 2 is 1.74 bits per heavy atom. The number of hydrogen-bond donors (Lipinski definition) is 1. The van der Waals surface area contributed by atoms with Gasteiger partial charge in [-0.05, 0) is 47.5 Å². The fourth-order valence-corrected chi connectivity index (χ4v) is 5.94. The van der Waals surface area contributed by atoms with Crippen LogP contribution in [0.4, 0.5) is 17.1 Å². The summed E-state index contributed by atoms with van der Waals surface area (Å²) in [6.45, 7) is 0. The highest BCUT2D eigenvalue weighted by Gasteiger charge is 2.65. The lowest BCUT2D eigenvalue weighted by Gasteiger charge is -2.35. The van der Waals surface area contributed by atoms with Crippen LogP contribution in [0.25, 0.3) is 6.08 Å². The van der Waals surface area contributed by atoms with Crippen LogP contribution in [0.2, 0.25) is 5.02 Å². The van der Waals surface area contributed by atoms with E-state index >= 15 is 0 Å². The van der Waals surface area contributed by atoms with Gasteiger partial charge in [0.1, 0.15) is 17.5 Å². The van der Waals surface area contributed by atoms with Crippen molar-refractivity contribution in [1.82, 2.24) is 4.90 Å². The van der Waals surface area contributed by atoms with E-state index in [0.717, 1.165) is 22.1 Å². The first-order chi connectivity index (χ1) is 18.8. The molecule has 3 aliphatic heterocycles. The van der Waals surface area contributed by atoms with Crippen molar-refractivity contribution in [3.05, 3.63) is 99.2 Å². The van der Waals surface area contributed by atoms with Gasteiger partial charge in [0, 0.05) is 29.0 Å². The number of non-ortho nitro benzene ring substituents is 1. The van der Waals surface area contributed by atoms with Crippen molar-refractivity contribution in [3.8, 4) is 5.75 Å². The van der Waals surface area contributed by atoms with Crippen molar-refractivity contribution in [2.75, 3.05) is 17.3 Å². The van der Waals surface area contributed by atoms with Gasteiger partial charge in [-0.1, -0.05) is 35.9 Å². The number of nitrogens with one attached hydrogen (secondary N) is 1. The normalized spacial score (nSPS) is 22.8. The summed E-state index contributed by atoms with van der Waals surface area (Å²) in [5.41, 5.74) is 1.85. The summed E-state index contributed by atoms with van der Waals surface area (Å²) >= 11 is 5.98. The minimum Gasteiger partial charge on any atom is -0.495 e. The number of amides is 3. The van der Waals surface area contributed by atoms with Gasteiger partial charge in [0.25, 0.3) is 5.69 Å². The summed E-state index contributed by atoms with van der Waals surface area (Å²) in [5, 5.41) is 14.8. The largest absolute Gasteiger partial charge is 0.495 e. The van der Waals surface area contributed by atoms with Crippen molar-refractivity contribution in [1.29, 1.82) is 0 Å². The average molecular weight is 545 g/mol. The van der Waals surface area contributed by atoms with E-state index in [1.54, 1.807) is 35.4 Å². The highest BCUT2D eigenvalue weighted by molar-refractivity contribution is 6.30. The van der Waals surface area contributed by atoms with Gasteiger partial charge in [-0.25, -0.2) is 4.90 Å². The van der Waals surface area contributed by atoms with Gasteiger partial charge in [-0.2, -0.15) is 0 Å². The lowest BCUT2D eigenvalue weighted by atomic mass is 9.84. The fraction of sp³-hybridized carbons (Fsp3) is 0.179. The molecule has 3 aromatic carbocycles. The van der Waals surface area contributed by atoms with Gasteiger partial charge in [-0.15, -0.1) is 0 Å². The van der Waals surface area contributed by atoms with E-state index in [9.17, 15) is 24.5 Å². The third-order valence-corrected chi connectivity index (χ3v) is 7.71. The second kappa shape index (κ2) is 9.25. The number of fused-ring (bicyclic) bond motifs is 5. The first-order valence-corrected chi connectivity index (χ1v) is 12.5. The van der Waals surface area contributed by atoms with Crippen molar-refractivity contribution >= 4 is 52.5 Å². The average Bonchev–Trinajstić information content (AvgIpc) is 3.41. The molecule has 3 amide bonds. The number of halogens is 1. The molecule has 3 aliphatic rings. The molecule has 0 saturated carbocycles. The molecule has 2 fully saturated rings. The van der Waals surface area contributed by atoms with Crippen molar-refractivity contribution in [2.24, 2.45) is 11.8 Å². The molecule has 2 saturated heterocycles. The summed E-state index contributed by atoms with van der Waals surface area (Å²) in [6, 6.07) is 16.2. The zero-order valence-electron chi connectivity index (χ0n) is 20.5. The predicted molar refractivity (Wildman–Crippen MR) is 143 cm³/mol. The van der Waals surface area contributed by atoms with E-state index < -0.39 is 46.6 Å². The van der Waals surface area contributed by atoms with Crippen molar-refractivity contribution in [2.45, 2.75) is 12.1 Å². The van der Waals surface area contributed by atoms with Gasteiger partial charge in [-0.3, -0.25) is 24.5 Å². The molecule has 0 aromatic heterocycles. The molecule has 3 aromatic rings. The van der Waals surface area contributed by atoms with Crippen LogP contribution in [0.3, 0.4) is 0 Å². The summed E-state index contributed by atoms with van der Waals surface area (Å²) < 4.78 is 5.36. The minimum atomic E-state index is -1.05. The van der Waals surface area contributed by atoms with Gasteiger partial charge < -0.3 is 15.0 Å².